The van der Waals surface area contributed by atoms with Gasteiger partial charge in [-0.25, -0.2) is 0 Å². The number of aliphatic hydroxyl groups is 1. The number of rotatable bonds is 0. The van der Waals surface area contributed by atoms with Gasteiger partial charge in [0.05, 0.1) is 5.76 Å². The summed E-state index contributed by atoms with van der Waals surface area (Å²) in [5.74, 6) is 1.29. The molecule has 0 aromatic rings. The van der Waals surface area contributed by atoms with E-state index in [2.05, 4.69) is 20.8 Å². The average Bonchev–Trinajstić information content (AvgIpc) is 1.92. The van der Waals surface area contributed by atoms with E-state index in [1.807, 2.05) is 6.92 Å². The summed E-state index contributed by atoms with van der Waals surface area (Å²) in [6.45, 7) is 8.80. The fourth-order valence-electron chi connectivity index (χ4n) is 1.78. The highest BCUT2D eigenvalue weighted by molar-refractivity contribution is 5.10. The number of aliphatic hydroxyl groups excluding tert-OH is 1. The highest BCUT2D eigenvalue weighted by Gasteiger charge is 2.28. The van der Waals surface area contributed by atoms with E-state index in [0.717, 1.165) is 12.8 Å². The van der Waals surface area contributed by atoms with Crippen molar-refractivity contribution in [1.82, 2.24) is 0 Å². The molecule has 0 radical (unpaired) electrons. The smallest absolute Gasteiger partial charge is 0.0914 e. The van der Waals surface area contributed by atoms with Crippen LogP contribution in [0.4, 0.5) is 0 Å². The van der Waals surface area contributed by atoms with Crippen LogP contribution in [0.15, 0.2) is 11.3 Å². The summed E-state index contributed by atoms with van der Waals surface area (Å²) in [6, 6.07) is 0. The van der Waals surface area contributed by atoms with Crippen LogP contribution in [0.25, 0.3) is 0 Å². The standard InChI is InChI=1S/C11H20O/c1-8-5-6-9(7-10(8)12)11(2,3)4/h9,12H,5-7H2,1-4H3/t9-/m1/s1. The van der Waals surface area contributed by atoms with Gasteiger partial charge in [0.2, 0.25) is 0 Å². The van der Waals surface area contributed by atoms with Crippen molar-refractivity contribution in [3.8, 4) is 0 Å². The van der Waals surface area contributed by atoms with Crippen molar-refractivity contribution in [2.45, 2.75) is 47.0 Å². The zero-order chi connectivity index (χ0) is 9.35. The molecule has 0 saturated heterocycles. The molecular weight excluding hydrogens is 148 g/mol. The Labute approximate surface area is 75.5 Å². The molecule has 0 aromatic heterocycles. The van der Waals surface area contributed by atoms with Crippen LogP contribution >= 0.6 is 0 Å². The first-order valence-electron chi connectivity index (χ1n) is 4.79. The zero-order valence-corrected chi connectivity index (χ0v) is 8.65. The lowest BCUT2D eigenvalue weighted by Crippen LogP contribution is -2.23. The van der Waals surface area contributed by atoms with Crippen LogP contribution in [0.3, 0.4) is 0 Å². The van der Waals surface area contributed by atoms with Gasteiger partial charge in [-0.2, -0.15) is 0 Å². The molecule has 1 N–H and O–H groups in total. The second-order valence-electron chi connectivity index (χ2n) is 5.03. The van der Waals surface area contributed by atoms with Gasteiger partial charge in [0.25, 0.3) is 0 Å². The second kappa shape index (κ2) is 3.12. The quantitative estimate of drug-likeness (QED) is 0.585. The lowest BCUT2D eigenvalue weighted by atomic mass is 9.72. The van der Waals surface area contributed by atoms with Crippen LogP contribution < -0.4 is 0 Å². The Morgan fingerprint density at radius 3 is 2.33 bits per heavy atom. The zero-order valence-electron chi connectivity index (χ0n) is 8.65. The Kier molecular flexibility index (Phi) is 2.50. The number of hydrogen-bond donors (Lipinski definition) is 1. The fraction of sp³-hybridized carbons (Fsp3) is 0.818. The van der Waals surface area contributed by atoms with Gasteiger partial charge < -0.3 is 5.11 Å². The van der Waals surface area contributed by atoms with E-state index in [-0.39, 0.29) is 0 Å². The topological polar surface area (TPSA) is 20.2 Å². The molecule has 0 amide bonds. The molecule has 12 heavy (non-hydrogen) atoms. The number of allylic oxidation sites excluding steroid dienone is 2. The van der Waals surface area contributed by atoms with E-state index in [4.69, 9.17) is 0 Å². The van der Waals surface area contributed by atoms with Gasteiger partial charge in [0.15, 0.2) is 0 Å². The first kappa shape index (κ1) is 9.63. The van der Waals surface area contributed by atoms with Gasteiger partial charge in [-0.05, 0) is 36.7 Å². The predicted molar refractivity (Wildman–Crippen MR) is 52.1 cm³/mol. The first-order valence-corrected chi connectivity index (χ1v) is 4.79. The maximum absolute atomic E-state index is 9.59. The van der Waals surface area contributed by atoms with Crippen molar-refractivity contribution in [3.63, 3.8) is 0 Å². The summed E-state index contributed by atoms with van der Waals surface area (Å²) < 4.78 is 0. The average molecular weight is 168 g/mol. The molecule has 0 unspecified atom stereocenters. The minimum absolute atomic E-state index is 0.342. The molecule has 1 nitrogen and oxygen atoms in total. The van der Waals surface area contributed by atoms with Crippen LogP contribution in [0.2, 0.25) is 0 Å². The van der Waals surface area contributed by atoms with Crippen LogP contribution in [0.1, 0.15) is 47.0 Å². The lowest BCUT2D eigenvalue weighted by molar-refractivity contribution is 0.185. The summed E-state index contributed by atoms with van der Waals surface area (Å²) in [4.78, 5) is 0. The molecule has 0 aliphatic heterocycles. The van der Waals surface area contributed by atoms with Crippen LogP contribution in [-0.4, -0.2) is 5.11 Å². The third-order valence-electron chi connectivity index (χ3n) is 3.02. The largest absolute Gasteiger partial charge is 0.512 e. The molecule has 1 aliphatic rings. The summed E-state index contributed by atoms with van der Waals surface area (Å²) in [7, 11) is 0. The summed E-state index contributed by atoms with van der Waals surface area (Å²) in [6.07, 6.45) is 3.20. The molecule has 0 bridgehead atoms. The van der Waals surface area contributed by atoms with Gasteiger partial charge in [0.1, 0.15) is 0 Å². The monoisotopic (exact) mass is 168 g/mol. The maximum atomic E-state index is 9.59. The van der Waals surface area contributed by atoms with Gasteiger partial charge in [-0.15, -0.1) is 0 Å². The highest BCUT2D eigenvalue weighted by Crippen LogP contribution is 2.39. The van der Waals surface area contributed by atoms with E-state index < -0.39 is 0 Å². The molecule has 70 valence electrons. The molecule has 0 fully saturated rings. The van der Waals surface area contributed by atoms with Crippen molar-refractivity contribution in [1.29, 1.82) is 0 Å². The van der Waals surface area contributed by atoms with Crippen LogP contribution in [0.5, 0.6) is 0 Å². The van der Waals surface area contributed by atoms with Gasteiger partial charge in [-0.3, -0.25) is 0 Å². The molecule has 0 spiro atoms. The molecule has 0 heterocycles. The Morgan fingerprint density at radius 2 is 1.92 bits per heavy atom. The summed E-state index contributed by atoms with van der Waals surface area (Å²) >= 11 is 0. The molecule has 0 saturated carbocycles. The van der Waals surface area contributed by atoms with E-state index in [1.54, 1.807) is 0 Å². The van der Waals surface area contributed by atoms with Gasteiger partial charge in [-0.1, -0.05) is 20.8 Å². The third-order valence-corrected chi connectivity index (χ3v) is 3.02. The maximum Gasteiger partial charge on any atom is 0.0914 e. The van der Waals surface area contributed by atoms with Crippen molar-refractivity contribution in [2.24, 2.45) is 11.3 Å². The number of hydrogen-bond acceptors (Lipinski definition) is 1. The second-order valence-corrected chi connectivity index (χ2v) is 5.03. The fourth-order valence-corrected chi connectivity index (χ4v) is 1.78. The van der Waals surface area contributed by atoms with Crippen molar-refractivity contribution < 1.29 is 5.11 Å². The van der Waals surface area contributed by atoms with Crippen LogP contribution in [-0.2, 0) is 0 Å². The Hall–Kier alpha value is -0.460. The van der Waals surface area contributed by atoms with E-state index in [0.29, 0.717) is 17.1 Å². The first-order chi connectivity index (χ1) is 5.41. The highest BCUT2D eigenvalue weighted by atomic mass is 16.3. The lowest BCUT2D eigenvalue weighted by Gasteiger charge is -2.33. The van der Waals surface area contributed by atoms with Gasteiger partial charge in [0, 0.05) is 6.42 Å². The van der Waals surface area contributed by atoms with Crippen molar-refractivity contribution in [2.75, 3.05) is 0 Å². The van der Waals surface area contributed by atoms with Crippen LogP contribution in [0, 0.1) is 11.3 Å². The summed E-state index contributed by atoms with van der Waals surface area (Å²) in [5.41, 5.74) is 1.53. The molecule has 1 heteroatoms. The molecule has 1 aliphatic carbocycles. The molecular formula is C11H20O. The normalized spacial score (nSPS) is 26.2. The third kappa shape index (κ3) is 2.02. The Morgan fingerprint density at radius 1 is 1.33 bits per heavy atom. The predicted octanol–water partition coefficient (Wildman–Crippen LogP) is 3.66. The minimum Gasteiger partial charge on any atom is -0.512 e. The molecule has 0 aromatic carbocycles. The van der Waals surface area contributed by atoms with E-state index >= 15 is 0 Å². The van der Waals surface area contributed by atoms with Crippen molar-refractivity contribution >= 4 is 0 Å². The minimum atomic E-state index is 0.342. The SMILES string of the molecule is CC1=C(O)C[C@H](C(C)(C)C)CC1. The molecule has 1 rings (SSSR count). The molecule has 1 atom stereocenters. The van der Waals surface area contributed by atoms with Crippen molar-refractivity contribution in [3.05, 3.63) is 11.3 Å². The summed E-state index contributed by atoms with van der Waals surface area (Å²) in [5, 5.41) is 9.59. The Balaban J connectivity index is 2.67. The van der Waals surface area contributed by atoms with Gasteiger partial charge >= 0.3 is 0 Å². The Bertz CT molecular complexity index is 196. The van der Waals surface area contributed by atoms with E-state index in [9.17, 15) is 5.11 Å². The van der Waals surface area contributed by atoms with E-state index in [1.165, 1.54) is 12.0 Å².